The molecule has 1 aromatic carbocycles. The topological polar surface area (TPSA) is 89.8 Å². The van der Waals surface area contributed by atoms with Gasteiger partial charge in [-0.15, -0.1) is 0 Å². The van der Waals surface area contributed by atoms with Gasteiger partial charge >= 0.3 is 0 Å². The van der Waals surface area contributed by atoms with Crippen LogP contribution in [-0.2, 0) is 6.54 Å². The SMILES string of the molecule is Cc1ncn(CCNC(=O)c2cnc3ccccc3n2)c(=O)c1C. The maximum absolute atomic E-state index is 12.2. The molecule has 7 heteroatoms. The second-order valence-corrected chi connectivity index (χ2v) is 5.45. The fraction of sp³-hybridized carbons (Fsp3) is 0.235. The van der Waals surface area contributed by atoms with Crippen LogP contribution in [0.2, 0.25) is 0 Å². The minimum Gasteiger partial charge on any atom is -0.349 e. The molecule has 0 saturated carbocycles. The van der Waals surface area contributed by atoms with Gasteiger partial charge in [0.1, 0.15) is 5.69 Å². The number of amides is 1. The van der Waals surface area contributed by atoms with Crippen LogP contribution in [0.15, 0.2) is 41.6 Å². The molecule has 24 heavy (non-hydrogen) atoms. The molecule has 0 aliphatic rings. The molecule has 1 N–H and O–H groups in total. The van der Waals surface area contributed by atoms with Crippen LogP contribution in [0.1, 0.15) is 21.7 Å². The first-order valence-electron chi connectivity index (χ1n) is 7.59. The van der Waals surface area contributed by atoms with Gasteiger partial charge in [-0.25, -0.2) is 9.97 Å². The van der Waals surface area contributed by atoms with Gasteiger partial charge in [0.25, 0.3) is 11.5 Å². The van der Waals surface area contributed by atoms with Crippen molar-refractivity contribution in [3.63, 3.8) is 0 Å². The van der Waals surface area contributed by atoms with Gasteiger partial charge < -0.3 is 5.32 Å². The van der Waals surface area contributed by atoms with Crippen LogP contribution in [0.3, 0.4) is 0 Å². The summed E-state index contributed by atoms with van der Waals surface area (Å²) in [6.45, 7) is 4.18. The van der Waals surface area contributed by atoms with E-state index in [9.17, 15) is 9.59 Å². The highest BCUT2D eigenvalue weighted by atomic mass is 16.2. The van der Waals surface area contributed by atoms with Crippen LogP contribution in [-0.4, -0.2) is 32.0 Å². The van der Waals surface area contributed by atoms with Gasteiger partial charge in [-0.2, -0.15) is 0 Å². The zero-order valence-electron chi connectivity index (χ0n) is 13.5. The number of hydrogen-bond donors (Lipinski definition) is 1. The average molecular weight is 323 g/mol. The van der Waals surface area contributed by atoms with E-state index in [1.807, 2.05) is 18.2 Å². The van der Waals surface area contributed by atoms with Gasteiger partial charge in [0.2, 0.25) is 0 Å². The molecule has 0 aliphatic heterocycles. The third kappa shape index (κ3) is 3.15. The standard InChI is InChI=1S/C17H17N5O2/c1-11-12(2)20-10-22(17(11)24)8-7-18-16(23)15-9-19-13-5-3-4-6-14(13)21-15/h3-6,9-10H,7-8H2,1-2H3,(H,18,23). The molecule has 7 nitrogen and oxygen atoms in total. The highest BCUT2D eigenvalue weighted by molar-refractivity contribution is 5.93. The number of rotatable bonds is 4. The van der Waals surface area contributed by atoms with Crippen molar-refractivity contribution in [3.8, 4) is 0 Å². The first-order valence-corrected chi connectivity index (χ1v) is 7.59. The lowest BCUT2D eigenvalue weighted by Crippen LogP contribution is -2.32. The third-order valence-electron chi connectivity index (χ3n) is 3.83. The number of benzene rings is 1. The van der Waals surface area contributed by atoms with E-state index in [1.54, 1.807) is 19.9 Å². The number of nitrogens with zero attached hydrogens (tertiary/aromatic N) is 4. The monoisotopic (exact) mass is 323 g/mol. The predicted molar refractivity (Wildman–Crippen MR) is 89.8 cm³/mol. The van der Waals surface area contributed by atoms with Crippen LogP contribution >= 0.6 is 0 Å². The number of carbonyl (C=O) groups excluding carboxylic acids is 1. The first-order chi connectivity index (χ1) is 11.6. The van der Waals surface area contributed by atoms with Crippen molar-refractivity contribution in [1.82, 2.24) is 24.8 Å². The largest absolute Gasteiger partial charge is 0.349 e. The van der Waals surface area contributed by atoms with Crippen molar-refractivity contribution < 1.29 is 4.79 Å². The lowest BCUT2D eigenvalue weighted by Gasteiger charge is -2.09. The van der Waals surface area contributed by atoms with E-state index in [4.69, 9.17) is 0 Å². The summed E-state index contributed by atoms with van der Waals surface area (Å²) < 4.78 is 1.48. The second-order valence-electron chi connectivity index (χ2n) is 5.45. The molecule has 0 bridgehead atoms. The Hall–Kier alpha value is -3.09. The van der Waals surface area contributed by atoms with Crippen LogP contribution in [0.5, 0.6) is 0 Å². The van der Waals surface area contributed by atoms with E-state index in [0.29, 0.717) is 29.9 Å². The Kier molecular flexibility index (Phi) is 4.33. The van der Waals surface area contributed by atoms with E-state index < -0.39 is 0 Å². The molecule has 2 aromatic heterocycles. The zero-order valence-corrected chi connectivity index (χ0v) is 13.5. The average Bonchev–Trinajstić information content (AvgIpc) is 2.61. The molecule has 1 amide bonds. The number of aryl methyl sites for hydroxylation is 1. The molecule has 0 spiro atoms. The molecule has 2 heterocycles. The van der Waals surface area contributed by atoms with Crippen LogP contribution in [0.4, 0.5) is 0 Å². The quantitative estimate of drug-likeness (QED) is 0.780. The lowest BCUT2D eigenvalue weighted by molar-refractivity contribution is 0.0947. The molecular weight excluding hydrogens is 306 g/mol. The fourth-order valence-electron chi connectivity index (χ4n) is 2.28. The Morgan fingerprint density at radius 1 is 1.17 bits per heavy atom. The summed E-state index contributed by atoms with van der Waals surface area (Å²) in [5.74, 6) is -0.321. The summed E-state index contributed by atoms with van der Waals surface area (Å²) in [6.07, 6.45) is 2.94. The van der Waals surface area contributed by atoms with Crippen molar-refractivity contribution in [2.75, 3.05) is 6.54 Å². The molecule has 0 fully saturated rings. The van der Waals surface area contributed by atoms with Gasteiger partial charge in [0, 0.05) is 24.3 Å². The Morgan fingerprint density at radius 2 is 1.92 bits per heavy atom. The molecule has 3 rings (SSSR count). The lowest BCUT2D eigenvalue weighted by atomic mass is 10.3. The predicted octanol–water partition coefficient (Wildman–Crippen LogP) is 1.23. The summed E-state index contributed by atoms with van der Waals surface area (Å²) in [5, 5.41) is 2.74. The van der Waals surface area contributed by atoms with E-state index in [-0.39, 0.29) is 17.2 Å². The number of carbonyl (C=O) groups is 1. The summed E-state index contributed by atoms with van der Waals surface area (Å²) in [7, 11) is 0. The minimum absolute atomic E-state index is 0.0951. The Morgan fingerprint density at radius 3 is 2.71 bits per heavy atom. The molecule has 0 saturated heterocycles. The van der Waals surface area contributed by atoms with Crippen molar-refractivity contribution in [1.29, 1.82) is 0 Å². The van der Waals surface area contributed by atoms with Crippen molar-refractivity contribution in [3.05, 3.63) is 64.1 Å². The first kappa shape index (κ1) is 15.8. The number of hydrogen-bond acceptors (Lipinski definition) is 5. The van der Waals surface area contributed by atoms with Gasteiger partial charge in [-0.05, 0) is 26.0 Å². The van der Waals surface area contributed by atoms with Gasteiger partial charge in [-0.3, -0.25) is 19.1 Å². The Bertz CT molecular complexity index is 965. The molecule has 0 unspecified atom stereocenters. The zero-order chi connectivity index (χ0) is 17.1. The van der Waals surface area contributed by atoms with Crippen LogP contribution in [0, 0.1) is 13.8 Å². The summed E-state index contributed by atoms with van der Waals surface area (Å²) in [4.78, 5) is 36.9. The molecule has 3 aromatic rings. The third-order valence-corrected chi connectivity index (χ3v) is 3.83. The van der Waals surface area contributed by atoms with E-state index in [2.05, 4.69) is 20.3 Å². The summed E-state index contributed by atoms with van der Waals surface area (Å²) in [5.41, 5.74) is 2.89. The highest BCUT2D eigenvalue weighted by Crippen LogP contribution is 2.08. The van der Waals surface area contributed by atoms with Crippen molar-refractivity contribution in [2.24, 2.45) is 0 Å². The Labute approximate surface area is 138 Å². The number of fused-ring (bicyclic) bond motifs is 1. The minimum atomic E-state index is -0.321. The maximum Gasteiger partial charge on any atom is 0.271 e. The van der Waals surface area contributed by atoms with E-state index in [1.165, 1.54) is 17.1 Å². The molecule has 0 radical (unpaired) electrons. The van der Waals surface area contributed by atoms with Crippen LogP contribution in [0.25, 0.3) is 11.0 Å². The highest BCUT2D eigenvalue weighted by Gasteiger charge is 2.09. The van der Waals surface area contributed by atoms with Gasteiger partial charge in [-0.1, -0.05) is 12.1 Å². The summed E-state index contributed by atoms with van der Waals surface area (Å²) in [6, 6.07) is 7.35. The van der Waals surface area contributed by atoms with Crippen LogP contribution < -0.4 is 10.9 Å². The summed E-state index contributed by atoms with van der Waals surface area (Å²) >= 11 is 0. The van der Waals surface area contributed by atoms with Crippen molar-refractivity contribution in [2.45, 2.75) is 20.4 Å². The Balaban J connectivity index is 1.67. The number of nitrogens with one attached hydrogen (secondary N) is 1. The normalized spacial score (nSPS) is 10.8. The molecule has 122 valence electrons. The smallest absolute Gasteiger partial charge is 0.271 e. The molecule has 0 atom stereocenters. The second kappa shape index (κ2) is 6.57. The van der Waals surface area contributed by atoms with Gasteiger partial charge in [0.05, 0.1) is 23.6 Å². The van der Waals surface area contributed by atoms with E-state index in [0.717, 1.165) is 5.52 Å². The number of aromatic nitrogens is 4. The molecule has 0 aliphatic carbocycles. The fourth-order valence-corrected chi connectivity index (χ4v) is 2.28. The molecular formula is C17H17N5O2. The van der Waals surface area contributed by atoms with E-state index >= 15 is 0 Å². The number of para-hydroxylation sites is 2. The van der Waals surface area contributed by atoms with Crippen molar-refractivity contribution >= 4 is 16.9 Å². The van der Waals surface area contributed by atoms with Gasteiger partial charge in [0.15, 0.2) is 0 Å². The maximum atomic E-state index is 12.2.